The van der Waals surface area contributed by atoms with Crippen LogP contribution in [0, 0.1) is 0 Å². The molecule has 1 heterocycles. The zero-order chi connectivity index (χ0) is 12.1. The number of pyridine rings is 1. The monoisotopic (exact) mass is 236 g/mol. The molecule has 0 radical (unpaired) electrons. The summed E-state index contributed by atoms with van der Waals surface area (Å²) in [4.78, 5) is 11.4. The van der Waals surface area contributed by atoms with E-state index in [1.54, 1.807) is 16.7 Å². The van der Waals surface area contributed by atoms with Gasteiger partial charge < -0.3 is 14.6 Å². The summed E-state index contributed by atoms with van der Waals surface area (Å²) in [6, 6.07) is 5.81. The molecule has 1 aliphatic rings. The molecule has 0 atom stereocenters. The Labute approximate surface area is 102 Å². The van der Waals surface area contributed by atoms with E-state index >= 15 is 0 Å². The van der Waals surface area contributed by atoms with Crippen molar-refractivity contribution in [3.8, 4) is 0 Å². The van der Waals surface area contributed by atoms with Gasteiger partial charge in [0.15, 0.2) is 0 Å². The molecule has 1 N–H and O–H groups in total. The van der Waals surface area contributed by atoms with Gasteiger partial charge in [0.1, 0.15) is 0 Å². The fraction of sp³-hybridized carbons (Fsp3) is 0.615. The average molecular weight is 236 g/mol. The number of aromatic nitrogens is 1. The van der Waals surface area contributed by atoms with Crippen molar-refractivity contribution in [1.82, 2.24) is 9.88 Å². The second-order valence-corrected chi connectivity index (χ2v) is 4.43. The van der Waals surface area contributed by atoms with Crippen molar-refractivity contribution in [1.29, 1.82) is 0 Å². The van der Waals surface area contributed by atoms with Crippen LogP contribution in [0.15, 0.2) is 29.2 Å². The van der Waals surface area contributed by atoms with Gasteiger partial charge in [-0.3, -0.25) is 4.79 Å². The molecule has 1 saturated carbocycles. The topological polar surface area (TPSA) is 43.3 Å². The third-order valence-electron chi connectivity index (χ3n) is 3.18. The number of rotatable bonds is 6. The predicted molar refractivity (Wildman–Crippen MR) is 67.1 cm³/mol. The smallest absolute Gasteiger partial charge is 0.250 e. The zero-order valence-corrected chi connectivity index (χ0v) is 10.3. The lowest BCUT2D eigenvalue weighted by atomic mass is 9.89. The van der Waals surface area contributed by atoms with E-state index in [0.717, 1.165) is 32.5 Å². The van der Waals surface area contributed by atoms with Gasteiger partial charge in [-0.2, -0.15) is 0 Å². The van der Waals surface area contributed by atoms with Crippen molar-refractivity contribution < 1.29 is 4.74 Å². The van der Waals surface area contributed by atoms with Crippen molar-refractivity contribution in [2.24, 2.45) is 0 Å². The van der Waals surface area contributed by atoms with Crippen molar-refractivity contribution in [3.63, 3.8) is 0 Å². The molecule has 1 aromatic heterocycles. The van der Waals surface area contributed by atoms with E-state index in [9.17, 15) is 4.79 Å². The first-order valence-corrected chi connectivity index (χ1v) is 6.30. The van der Waals surface area contributed by atoms with Gasteiger partial charge in [0.2, 0.25) is 0 Å². The first-order chi connectivity index (χ1) is 8.29. The molecule has 2 rings (SSSR count). The van der Waals surface area contributed by atoms with E-state index < -0.39 is 0 Å². The molecule has 0 aliphatic heterocycles. The van der Waals surface area contributed by atoms with Gasteiger partial charge in [-0.05, 0) is 25.8 Å². The Morgan fingerprint density at radius 2 is 2.29 bits per heavy atom. The first kappa shape index (κ1) is 12.3. The second kappa shape index (κ2) is 5.98. The maximum absolute atomic E-state index is 11.4. The number of hydrogen-bond donors (Lipinski definition) is 1. The minimum Gasteiger partial charge on any atom is -0.378 e. The zero-order valence-electron chi connectivity index (χ0n) is 10.3. The van der Waals surface area contributed by atoms with Gasteiger partial charge in [-0.25, -0.2) is 0 Å². The molecule has 94 valence electrons. The third kappa shape index (κ3) is 3.41. The molecule has 1 aromatic rings. The lowest BCUT2D eigenvalue weighted by Crippen LogP contribution is -2.46. The molecule has 4 heteroatoms. The first-order valence-electron chi connectivity index (χ1n) is 6.30. The summed E-state index contributed by atoms with van der Waals surface area (Å²) in [7, 11) is 0. The van der Waals surface area contributed by atoms with Crippen LogP contribution in [0.1, 0.15) is 19.8 Å². The van der Waals surface area contributed by atoms with Crippen LogP contribution in [0.4, 0.5) is 0 Å². The summed E-state index contributed by atoms with van der Waals surface area (Å²) >= 11 is 0. The van der Waals surface area contributed by atoms with Crippen LogP contribution < -0.4 is 10.9 Å². The van der Waals surface area contributed by atoms with E-state index in [-0.39, 0.29) is 5.56 Å². The van der Waals surface area contributed by atoms with Crippen molar-refractivity contribution in [3.05, 3.63) is 34.7 Å². The molecular weight excluding hydrogens is 216 g/mol. The average Bonchev–Trinajstić information content (AvgIpc) is 2.28. The van der Waals surface area contributed by atoms with Crippen LogP contribution >= 0.6 is 0 Å². The maximum Gasteiger partial charge on any atom is 0.250 e. The van der Waals surface area contributed by atoms with E-state index in [1.807, 2.05) is 19.2 Å². The highest BCUT2D eigenvalue weighted by atomic mass is 16.5. The van der Waals surface area contributed by atoms with Crippen molar-refractivity contribution in [2.45, 2.75) is 38.5 Å². The van der Waals surface area contributed by atoms with E-state index in [2.05, 4.69) is 5.32 Å². The highest BCUT2D eigenvalue weighted by Crippen LogP contribution is 2.22. The highest BCUT2D eigenvalue weighted by Gasteiger charge is 2.28. The van der Waals surface area contributed by atoms with Crippen LogP contribution in [-0.2, 0) is 11.3 Å². The summed E-state index contributed by atoms with van der Waals surface area (Å²) in [6.07, 6.45) is 4.46. The molecule has 0 amide bonds. The Bertz CT molecular complexity index is 396. The van der Waals surface area contributed by atoms with Crippen LogP contribution in [-0.4, -0.2) is 29.9 Å². The molecule has 0 bridgehead atoms. The molecule has 1 fully saturated rings. The number of nitrogens with zero attached hydrogens (tertiary/aromatic N) is 1. The fourth-order valence-corrected chi connectivity index (χ4v) is 2.14. The van der Waals surface area contributed by atoms with E-state index in [4.69, 9.17) is 4.74 Å². The minimum absolute atomic E-state index is 0.0649. The van der Waals surface area contributed by atoms with Crippen molar-refractivity contribution in [2.75, 3.05) is 13.2 Å². The molecule has 17 heavy (non-hydrogen) atoms. The maximum atomic E-state index is 11.4. The molecule has 0 aromatic carbocycles. The second-order valence-electron chi connectivity index (χ2n) is 4.43. The number of nitrogens with one attached hydrogen (secondary N) is 1. The van der Waals surface area contributed by atoms with E-state index in [0.29, 0.717) is 12.1 Å². The molecule has 1 aliphatic carbocycles. The lowest BCUT2D eigenvalue weighted by Gasteiger charge is -2.35. The predicted octanol–water partition coefficient (Wildman–Crippen LogP) is 1.01. The van der Waals surface area contributed by atoms with Crippen LogP contribution in [0.5, 0.6) is 0 Å². The van der Waals surface area contributed by atoms with Crippen LogP contribution in [0.25, 0.3) is 0 Å². The van der Waals surface area contributed by atoms with Gasteiger partial charge in [0.25, 0.3) is 5.56 Å². The summed E-state index contributed by atoms with van der Waals surface area (Å²) in [5, 5.41) is 3.44. The molecule has 0 spiro atoms. The summed E-state index contributed by atoms with van der Waals surface area (Å²) < 4.78 is 7.22. The molecule has 0 unspecified atom stereocenters. The van der Waals surface area contributed by atoms with E-state index in [1.165, 1.54) is 0 Å². The minimum atomic E-state index is 0.0649. The largest absolute Gasteiger partial charge is 0.378 e. The Hall–Kier alpha value is -1.13. The number of ether oxygens (including phenoxy) is 1. The highest BCUT2D eigenvalue weighted by molar-refractivity contribution is 4.93. The molecule has 0 saturated heterocycles. The normalized spacial score (nSPS) is 23.4. The Balaban J connectivity index is 1.65. The molecular formula is C13H20N2O2. The van der Waals surface area contributed by atoms with Gasteiger partial charge >= 0.3 is 0 Å². The van der Waals surface area contributed by atoms with Crippen molar-refractivity contribution >= 4 is 0 Å². The van der Waals surface area contributed by atoms with Crippen LogP contribution in [0.3, 0.4) is 0 Å². The third-order valence-corrected chi connectivity index (χ3v) is 3.18. The Morgan fingerprint density at radius 3 is 3.00 bits per heavy atom. The molecule has 4 nitrogen and oxygen atoms in total. The Morgan fingerprint density at radius 1 is 1.47 bits per heavy atom. The summed E-state index contributed by atoms with van der Waals surface area (Å²) in [5.74, 6) is 0. The summed E-state index contributed by atoms with van der Waals surface area (Å²) in [5.41, 5.74) is 0.0649. The van der Waals surface area contributed by atoms with Gasteiger partial charge in [-0.1, -0.05) is 6.07 Å². The van der Waals surface area contributed by atoms with Gasteiger partial charge in [0, 0.05) is 38.0 Å². The number of hydrogen-bond acceptors (Lipinski definition) is 3. The lowest BCUT2D eigenvalue weighted by molar-refractivity contribution is -0.00985. The quantitative estimate of drug-likeness (QED) is 0.801. The summed E-state index contributed by atoms with van der Waals surface area (Å²) in [6.45, 7) is 4.41. The van der Waals surface area contributed by atoms with Crippen LogP contribution in [0.2, 0.25) is 0 Å². The van der Waals surface area contributed by atoms with Gasteiger partial charge in [0.05, 0.1) is 6.10 Å². The van der Waals surface area contributed by atoms with Gasteiger partial charge in [-0.15, -0.1) is 0 Å². The SMILES string of the molecule is CCOC1CC(NCCn2ccccc2=O)C1. The Kier molecular flexibility index (Phi) is 4.34. The standard InChI is InChI=1S/C13H20N2O2/c1-2-17-12-9-11(10-12)14-6-8-15-7-4-3-5-13(15)16/h3-5,7,11-12,14H,2,6,8-10H2,1H3. The fourth-order valence-electron chi connectivity index (χ4n) is 2.14.